The van der Waals surface area contributed by atoms with Crippen molar-refractivity contribution in [2.75, 3.05) is 25.7 Å². The molecule has 0 N–H and O–H groups in total. The van der Waals surface area contributed by atoms with E-state index in [4.69, 9.17) is 9.47 Å². The second-order valence-corrected chi connectivity index (χ2v) is 6.89. The number of carbonyl (C=O) groups excluding carboxylic acids is 1. The highest BCUT2D eigenvalue weighted by Gasteiger charge is 2.28. The zero-order valence-electron chi connectivity index (χ0n) is 13.4. The second kappa shape index (κ2) is 6.54. The largest absolute Gasteiger partial charge is 0.497 e. The highest BCUT2D eigenvalue weighted by molar-refractivity contribution is 8.00. The summed E-state index contributed by atoms with van der Waals surface area (Å²) in [6, 6.07) is 13.3. The molecule has 4 nitrogen and oxygen atoms in total. The molecule has 0 saturated heterocycles. The van der Waals surface area contributed by atoms with Crippen LogP contribution in [0.1, 0.15) is 17.3 Å². The molecule has 0 aromatic heterocycles. The van der Waals surface area contributed by atoms with Crippen LogP contribution in [0, 0.1) is 0 Å². The van der Waals surface area contributed by atoms with Crippen molar-refractivity contribution >= 4 is 23.4 Å². The fourth-order valence-electron chi connectivity index (χ4n) is 2.67. The quantitative estimate of drug-likeness (QED) is 0.857. The van der Waals surface area contributed by atoms with Crippen LogP contribution >= 0.6 is 11.8 Å². The van der Waals surface area contributed by atoms with Gasteiger partial charge in [-0.3, -0.25) is 4.79 Å². The van der Waals surface area contributed by atoms with Crippen molar-refractivity contribution in [3.8, 4) is 11.5 Å². The summed E-state index contributed by atoms with van der Waals surface area (Å²) in [5.74, 6) is 1.18. The molecular formula is C18H19NO3S. The Morgan fingerprint density at radius 2 is 1.78 bits per heavy atom. The number of para-hydroxylation sites is 1. The molecule has 0 saturated carbocycles. The van der Waals surface area contributed by atoms with Crippen LogP contribution in [0.2, 0.25) is 0 Å². The maximum absolute atomic E-state index is 13.0. The van der Waals surface area contributed by atoms with Crippen molar-refractivity contribution in [3.63, 3.8) is 0 Å². The molecule has 120 valence electrons. The van der Waals surface area contributed by atoms with E-state index in [1.54, 1.807) is 44.2 Å². The van der Waals surface area contributed by atoms with Gasteiger partial charge in [0.15, 0.2) is 0 Å². The predicted octanol–water partition coefficient (Wildman–Crippen LogP) is 3.84. The highest BCUT2D eigenvalue weighted by Crippen LogP contribution is 2.39. The summed E-state index contributed by atoms with van der Waals surface area (Å²) in [5.41, 5.74) is 1.53. The molecule has 2 aromatic rings. The van der Waals surface area contributed by atoms with Crippen LogP contribution in [0.3, 0.4) is 0 Å². The summed E-state index contributed by atoms with van der Waals surface area (Å²) in [6.45, 7) is 2.81. The maximum atomic E-state index is 13.0. The molecule has 1 aliphatic rings. The molecule has 1 aliphatic heterocycles. The Bertz CT molecular complexity index is 710. The van der Waals surface area contributed by atoms with E-state index in [1.807, 2.05) is 23.1 Å². The number of nitrogens with zero attached hydrogens (tertiary/aromatic N) is 1. The Kier molecular flexibility index (Phi) is 4.48. The Morgan fingerprint density at radius 3 is 2.43 bits per heavy atom. The van der Waals surface area contributed by atoms with Gasteiger partial charge in [0, 0.05) is 28.3 Å². The van der Waals surface area contributed by atoms with Crippen molar-refractivity contribution in [1.82, 2.24) is 0 Å². The molecule has 23 heavy (non-hydrogen) atoms. The van der Waals surface area contributed by atoms with Gasteiger partial charge in [-0.05, 0) is 24.3 Å². The summed E-state index contributed by atoms with van der Waals surface area (Å²) in [6.07, 6.45) is 0. The lowest BCUT2D eigenvalue weighted by Crippen LogP contribution is -2.38. The number of anilines is 1. The minimum absolute atomic E-state index is 0.0400. The van der Waals surface area contributed by atoms with Gasteiger partial charge >= 0.3 is 0 Å². The number of hydrogen-bond acceptors (Lipinski definition) is 4. The van der Waals surface area contributed by atoms with E-state index >= 15 is 0 Å². The number of methoxy groups -OCH3 is 2. The van der Waals surface area contributed by atoms with Crippen molar-refractivity contribution in [2.24, 2.45) is 0 Å². The SMILES string of the molecule is COc1cc(OC)cc(C(=O)N2CC(C)Sc3ccccc32)c1. The van der Waals surface area contributed by atoms with Gasteiger partial charge < -0.3 is 14.4 Å². The highest BCUT2D eigenvalue weighted by atomic mass is 32.2. The fourth-order valence-corrected chi connectivity index (χ4v) is 3.78. The van der Waals surface area contributed by atoms with E-state index in [1.165, 1.54) is 0 Å². The molecule has 0 aliphatic carbocycles. The summed E-state index contributed by atoms with van der Waals surface area (Å²) < 4.78 is 10.5. The van der Waals surface area contributed by atoms with Gasteiger partial charge in [-0.2, -0.15) is 0 Å². The number of carbonyl (C=O) groups is 1. The van der Waals surface area contributed by atoms with Crippen LogP contribution in [0.4, 0.5) is 5.69 Å². The van der Waals surface area contributed by atoms with Gasteiger partial charge in [0.1, 0.15) is 11.5 Å². The van der Waals surface area contributed by atoms with E-state index in [0.717, 1.165) is 10.6 Å². The van der Waals surface area contributed by atoms with Gasteiger partial charge in [-0.25, -0.2) is 0 Å². The van der Waals surface area contributed by atoms with Crippen molar-refractivity contribution in [1.29, 1.82) is 0 Å². The molecular weight excluding hydrogens is 310 g/mol. The first kappa shape index (κ1) is 15.7. The van der Waals surface area contributed by atoms with Crippen molar-refractivity contribution in [2.45, 2.75) is 17.1 Å². The minimum Gasteiger partial charge on any atom is -0.497 e. The van der Waals surface area contributed by atoms with Crippen molar-refractivity contribution < 1.29 is 14.3 Å². The molecule has 2 aromatic carbocycles. The van der Waals surface area contributed by atoms with E-state index < -0.39 is 0 Å². The first-order valence-corrected chi connectivity index (χ1v) is 8.31. The van der Waals surface area contributed by atoms with Crippen LogP contribution in [-0.4, -0.2) is 31.9 Å². The standard InChI is InChI=1S/C18H19NO3S/c1-12-11-19(16-6-4-5-7-17(16)23-12)18(20)13-8-14(21-2)10-15(9-13)22-3/h4-10,12H,11H2,1-3H3. The lowest BCUT2D eigenvalue weighted by Gasteiger charge is -2.32. The first-order valence-electron chi connectivity index (χ1n) is 7.43. The van der Waals surface area contributed by atoms with Crippen LogP contribution in [0.5, 0.6) is 11.5 Å². The molecule has 5 heteroatoms. The van der Waals surface area contributed by atoms with Crippen LogP contribution in [0.15, 0.2) is 47.4 Å². The predicted molar refractivity (Wildman–Crippen MR) is 93.0 cm³/mol. The van der Waals surface area contributed by atoms with Crippen molar-refractivity contribution in [3.05, 3.63) is 48.0 Å². The van der Waals surface area contributed by atoms with Crippen LogP contribution in [-0.2, 0) is 0 Å². The van der Waals surface area contributed by atoms with Gasteiger partial charge in [-0.15, -0.1) is 11.8 Å². The molecule has 0 fully saturated rings. The smallest absolute Gasteiger partial charge is 0.258 e. The lowest BCUT2D eigenvalue weighted by atomic mass is 10.1. The van der Waals surface area contributed by atoms with Gasteiger partial charge in [0.2, 0.25) is 0 Å². The molecule has 0 bridgehead atoms. The lowest BCUT2D eigenvalue weighted by molar-refractivity contribution is 0.0985. The number of fused-ring (bicyclic) bond motifs is 1. The third kappa shape index (κ3) is 3.15. The number of hydrogen-bond donors (Lipinski definition) is 0. The summed E-state index contributed by atoms with van der Waals surface area (Å²) >= 11 is 1.80. The van der Waals surface area contributed by atoms with Gasteiger partial charge in [0.05, 0.1) is 19.9 Å². The average molecular weight is 329 g/mol. The molecule has 1 unspecified atom stereocenters. The van der Waals surface area contributed by atoms with E-state index in [0.29, 0.717) is 28.9 Å². The number of ether oxygens (including phenoxy) is 2. The Balaban J connectivity index is 2.00. The number of benzene rings is 2. The average Bonchev–Trinajstić information content (AvgIpc) is 2.59. The Morgan fingerprint density at radius 1 is 1.13 bits per heavy atom. The van der Waals surface area contributed by atoms with Gasteiger partial charge in [-0.1, -0.05) is 19.1 Å². The van der Waals surface area contributed by atoms with E-state index in [-0.39, 0.29) is 5.91 Å². The van der Waals surface area contributed by atoms with Crippen LogP contribution in [0.25, 0.3) is 0 Å². The molecule has 1 amide bonds. The summed E-state index contributed by atoms with van der Waals surface area (Å²) in [4.78, 5) is 16.0. The third-order valence-electron chi connectivity index (χ3n) is 3.77. The molecule has 0 spiro atoms. The first-order chi connectivity index (χ1) is 11.1. The molecule has 1 atom stereocenters. The normalized spacial score (nSPS) is 16.7. The molecule has 0 radical (unpaired) electrons. The van der Waals surface area contributed by atoms with E-state index in [2.05, 4.69) is 13.0 Å². The Hall–Kier alpha value is -2.14. The van der Waals surface area contributed by atoms with E-state index in [9.17, 15) is 4.79 Å². The number of thioether (sulfide) groups is 1. The fraction of sp³-hybridized carbons (Fsp3) is 0.278. The minimum atomic E-state index is -0.0400. The third-order valence-corrected chi connectivity index (χ3v) is 4.92. The van der Waals surface area contributed by atoms with Gasteiger partial charge in [0.25, 0.3) is 5.91 Å². The maximum Gasteiger partial charge on any atom is 0.258 e. The monoisotopic (exact) mass is 329 g/mol. The second-order valence-electron chi connectivity index (χ2n) is 5.41. The topological polar surface area (TPSA) is 38.8 Å². The number of rotatable bonds is 3. The molecule has 1 heterocycles. The zero-order chi connectivity index (χ0) is 16.4. The molecule has 3 rings (SSSR count). The summed E-state index contributed by atoms with van der Waals surface area (Å²) in [5, 5.41) is 0.348. The number of amides is 1. The Labute approximate surface area is 140 Å². The zero-order valence-corrected chi connectivity index (χ0v) is 14.2. The van der Waals surface area contributed by atoms with Crippen LogP contribution < -0.4 is 14.4 Å². The summed E-state index contributed by atoms with van der Waals surface area (Å²) in [7, 11) is 3.16.